The Labute approximate surface area is 131 Å². The second kappa shape index (κ2) is 7.14. The highest BCUT2D eigenvalue weighted by atomic mass is 35.5. The number of nitrogens with zero attached hydrogens (tertiary/aromatic N) is 1. The van der Waals surface area contributed by atoms with Crippen LogP contribution < -0.4 is 10.5 Å². The number of aryl methyl sites for hydroxylation is 1. The zero-order valence-electron chi connectivity index (χ0n) is 12.6. The molecule has 116 valence electrons. The Morgan fingerprint density at radius 2 is 2.29 bits per heavy atom. The van der Waals surface area contributed by atoms with Crippen LogP contribution in [0.1, 0.15) is 25.3 Å². The molecule has 1 aliphatic rings. The van der Waals surface area contributed by atoms with Crippen LogP contribution in [0.4, 0.5) is 0 Å². The molecule has 1 fully saturated rings. The number of methoxy groups -OCH3 is 1. The Kier molecular flexibility index (Phi) is 5.48. The van der Waals surface area contributed by atoms with Crippen molar-refractivity contribution in [2.45, 2.75) is 32.2 Å². The minimum atomic E-state index is 0.199. The summed E-state index contributed by atoms with van der Waals surface area (Å²) in [5.74, 6) is 1.30. The Morgan fingerprint density at radius 3 is 2.86 bits per heavy atom. The topological polar surface area (TPSA) is 55.6 Å². The number of hydrogen-bond donors (Lipinski definition) is 1. The summed E-state index contributed by atoms with van der Waals surface area (Å²) in [6, 6.07) is 5.95. The van der Waals surface area contributed by atoms with E-state index in [4.69, 9.17) is 22.1 Å². The molecular weight excluding hydrogens is 288 g/mol. The van der Waals surface area contributed by atoms with Crippen LogP contribution in [0.15, 0.2) is 18.2 Å². The number of likely N-dealkylation sites (tertiary alicyclic amines) is 1. The van der Waals surface area contributed by atoms with Gasteiger partial charge >= 0.3 is 0 Å². The van der Waals surface area contributed by atoms with Crippen LogP contribution >= 0.6 is 11.6 Å². The lowest BCUT2D eigenvalue weighted by Crippen LogP contribution is -2.34. The molecule has 0 aromatic heterocycles. The van der Waals surface area contributed by atoms with Crippen LogP contribution in [0.3, 0.4) is 0 Å². The van der Waals surface area contributed by atoms with E-state index in [0.717, 1.165) is 18.5 Å². The number of halogens is 1. The largest absolute Gasteiger partial charge is 0.495 e. The number of carbonyl (C=O) groups excluding carboxylic acids is 1. The SMILES string of the molecule is COc1ccc(CCC(=O)N2CC(CN)CC2C)cc1Cl. The Balaban J connectivity index is 1.91. The van der Waals surface area contributed by atoms with E-state index < -0.39 is 0 Å². The second-order valence-corrected chi connectivity index (χ2v) is 6.11. The van der Waals surface area contributed by atoms with Crippen LogP contribution in [-0.4, -0.2) is 37.0 Å². The van der Waals surface area contributed by atoms with Gasteiger partial charge in [0.2, 0.25) is 5.91 Å². The summed E-state index contributed by atoms with van der Waals surface area (Å²) in [4.78, 5) is 14.3. The van der Waals surface area contributed by atoms with Crippen molar-refractivity contribution in [1.29, 1.82) is 0 Å². The molecule has 0 radical (unpaired) electrons. The van der Waals surface area contributed by atoms with Gasteiger partial charge in [0.15, 0.2) is 0 Å². The fraction of sp³-hybridized carbons (Fsp3) is 0.562. The highest BCUT2D eigenvalue weighted by molar-refractivity contribution is 6.32. The molecule has 2 unspecified atom stereocenters. The third kappa shape index (κ3) is 3.89. The van der Waals surface area contributed by atoms with Crippen LogP contribution in [-0.2, 0) is 11.2 Å². The van der Waals surface area contributed by atoms with E-state index in [0.29, 0.717) is 42.1 Å². The molecule has 21 heavy (non-hydrogen) atoms. The van der Waals surface area contributed by atoms with Gasteiger partial charge in [-0.15, -0.1) is 0 Å². The third-order valence-electron chi connectivity index (χ3n) is 4.16. The quantitative estimate of drug-likeness (QED) is 0.909. The van der Waals surface area contributed by atoms with E-state index in [-0.39, 0.29) is 5.91 Å². The summed E-state index contributed by atoms with van der Waals surface area (Å²) >= 11 is 6.10. The van der Waals surface area contributed by atoms with Gasteiger partial charge in [-0.1, -0.05) is 17.7 Å². The fourth-order valence-corrected chi connectivity index (χ4v) is 3.20. The minimum Gasteiger partial charge on any atom is -0.495 e. The maximum Gasteiger partial charge on any atom is 0.223 e. The van der Waals surface area contributed by atoms with Gasteiger partial charge in [-0.2, -0.15) is 0 Å². The number of hydrogen-bond acceptors (Lipinski definition) is 3. The zero-order valence-corrected chi connectivity index (χ0v) is 13.4. The normalized spacial score (nSPS) is 21.6. The molecular formula is C16H23ClN2O2. The number of ether oxygens (including phenoxy) is 1. The van der Waals surface area contributed by atoms with E-state index in [1.54, 1.807) is 7.11 Å². The van der Waals surface area contributed by atoms with Gasteiger partial charge in [-0.05, 0) is 49.9 Å². The number of rotatable bonds is 5. The summed E-state index contributed by atoms with van der Waals surface area (Å²) in [5.41, 5.74) is 6.76. The predicted molar refractivity (Wildman–Crippen MR) is 84.7 cm³/mol. The third-order valence-corrected chi connectivity index (χ3v) is 4.45. The van der Waals surface area contributed by atoms with Gasteiger partial charge in [0.25, 0.3) is 0 Å². The lowest BCUT2D eigenvalue weighted by atomic mass is 10.1. The Bertz CT molecular complexity index is 507. The van der Waals surface area contributed by atoms with Crippen LogP contribution in [0.25, 0.3) is 0 Å². The summed E-state index contributed by atoms with van der Waals surface area (Å²) < 4.78 is 5.13. The zero-order chi connectivity index (χ0) is 15.4. The molecule has 1 aliphatic heterocycles. The molecule has 2 rings (SSSR count). The molecule has 5 heteroatoms. The van der Waals surface area contributed by atoms with E-state index >= 15 is 0 Å². The summed E-state index contributed by atoms with van der Waals surface area (Å²) in [6.45, 7) is 3.54. The number of amides is 1. The van der Waals surface area contributed by atoms with Crippen LogP contribution in [0.5, 0.6) is 5.75 Å². The van der Waals surface area contributed by atoms with Gasteiger partial charge in [0.05, 0.1) is 12.1 Å². The first-order valence-corrected chi connectivity index (χ1v) is 7.75. The number of benzene rings is 1. The molecule has 0 aliphatic carbocycles. The highest BCUT2D eigenvalue weighted by Gasteiger charge is 2.31. The van der Waals surface area contributed by atoms with Crippen molar-refractivity contribution in [3.05, 3.63) is 28.8 Å². The molecule has 0 saturated carbocycles. The van der Waals surface area contributed by atoms with Gasteiger partial charge in [-0.3, -0.25) is 4.79 Å². The van der Waals surface area contributed by atoms with E-state index in [1.165, 1.54) is 0 Å². The second-order valence-electron chi connectivity index (χ2n) is 5.70. The lowest BCUT2D eigenvalue weighted by Gasteiger charge is -2.21. The molecule has 2 N–H and O–H groups in total. The predicted octanol–water partition coefficient (Wildman–Crippen LogP) is 2.48. The molecule has 1 amide bonds. The standard InChI is InChI=1S/C16H23ClN2O2/c1-11-7-13(9-18)10-19(11)16(20)6-4-12-3-5-15(21-2)14(17)8-12/h3,5,8,11,13H,4,6-7,9-10,18H2,1-2H3. The molecule has 2 atom stereocenters. The number of carbonyl (C=O) groups is 1. The first-order valence-electron chi connectivity index (χ1n) is 7.37. The van der Waals surface area contributed by atoms with E-state index in [9.17, 15) is 4.79 Å². The van der Waals surface area contributed by atoms with Gasteiger partial charge in [0.1, 0.15) is 5.75 Å². The van der Waals surface area contributed by atoms with E-state index in [2.05, 4.69) is 6.92 Å². The minimum absolute atomic E-state index is 0.199. The maximum atomic E-state index is 12.3. The first kappa shape index (κ1) is 16.1. The van der Waals surface area contributed by atoms with Crippen molar-refractivity contribution in [2.75, 3.05) is 20.2 Å². The Hall–Kier alpha value is -1.26. The molecule has 1 aromatic carbocycles. The molecule has 1 aromatic rings. The average Bonchev–Trinajstić information content (AvgIpc) is 2.86. The van der Waals surface area contributed by atoms with Crippen LogP contribution in [0, 0.1) is 5.92 Å². The van der Waals surface area contributed by atoms with Crippen molar-refractivity contribution >= 4 is 17.5 Å². The van der Waals surface area contributed by atoms with Crippen LogP contribution in [0.2, 0.25) is 5.02 Å². The van der Waals surface area contributed by atoms with Crippen molar-refractivity contribution in [3.63, 3.8) is 0 Å². The first-order chi connectivity index (χ1) is 10.0. The van der Waals surface area contributed by atoms with E-state index in [1.807, 2.05) is 23.1 Å². The Morgan fingerprint density at radius 1 is 1.52 bits per heavy atom. The van der Waals surface area contributed by atoms with Crippen molar-refractivity contribution in [1.82, 2.24) is 4.90 Å². The number of nitrogens with two attached hydrogens (primary N) is 1. The summed E-state index contributed by atoms with van der Waals surface area (Å²) in [6.07, 6.45) is 2.21. The summed E-state index contributed by atoms with van der Waals surface area (Å²) in [5, 5.41) is 0.584. The van der Waals surface area contributed by atoms with Gasteiger partial charge < -0.3 is 15.4 Å². The summed E-state index contributed by atoms with van der Waals surface area (Å²) in [7, 11) is 1.59. The lowest BCUT2D eigenvalue weighted by molar-refractivity contribution is -0.131. The monoisotopic (exact) mass is 310 g/mol. The van der Waals surface area contributed by atoms with Gasteiger partial charge in [0, 0.05) is 19.0 Å². The molecule has 0 spiro atoms. The average molecular weight is 311 g/mol. The maximum absolute atomic E-state index is 12.3. The highest BCUT2D eigenvalue weighted by Crippen LogP contribution is 2.26. The van der Waals surface area contributed by atoms with Crippen molar-refractivity contribution in [3.8, 4) is 5.75 Å². The molecule has 0 bridgehead atoms. The molecule has 1 heterocycles. The van der Waals surface area contributed by atoms with Crippen molar-refractivity contribution < 1.29 is 9.53 Å². The smallest absolute Gasteiger partial charge is 0.223 e. The molecule has 4 nitrogen and oxygen atoms in total. The fourth-order valence-electron chi connectivity index (χ4n) is 2.92. The molecule has 1 saturated heterocycles. The van der Waals surface area contributed by atoms with Gasteiger partial charge in [-0.25, -0.2) is 0 Å². The van der Waals surface area contributed by atoms with Crippen molar-refractivity contribution in [2.24, 2.45) is 11.7 Å².